The zero-order valence-electron chi connectivity index (χ0n) is 28.5. The molecule has 0 bridgehead atoms. The van der Waals surface area contributed by atoms with E-state index >= 15 is 0 Å². The fourth-order valence-corrected chi connectivity index (χ4v) is 8.77. The standard InChI is InChI=1S/C31H49F3N7O6P/c1-19-7-11-22(12-8-19)46-27(42)29(3,4)39-48(44,18-45-20(2)15-41-17-38-24-25(35)36-16-37-26(24)41)40-30(5,6)28(43)47-23-13-9-21(10-14-23)31(32,33)34/h16-17,19-23H,7-15,18H2,1-6H3,(H2,35,36,37)(H2,39,40,44)/t19-,20-,21-,22-,23-,48?/m1/s1. The molecule has 0 aliphatic heterocycles. The Kier molecular flexibility index (Phi) is 11.9. The number of carbonyl (C=O) groups is 2. The second kappa shape index (κ2) is 15.0. The van der Waals surface area contributed by atoms with Crippen LogP contribution in [0, 0.1) is 11.8 Å². The van der Waals surface area contributed by atoms with Gasteiger partial charge in [-0.15, -0.1) is 0 Å². The zero-order chi connectivity index (χ0) is 35.5. The van der Waals surface area contributed by atoms with Crippen molar-refractivity contribution in [3.63, 3.8) is 0 Å². The summed E-state index contributed by atoms with van der Waals surface area (Å²) >= 11 is 0. The number of imidazole rings is 1. The highest BCUT2D eigenvalue weighted by atomic mass is 31.2. The topological polar surface area (TPSA) is 173 Å². The van der Waals surface area contributed by atoms with Gasteiger partial charge in [-0.25, -0.2) is 25.1 Å². The van der Waals surface area contributed by atoms with E-state index in [1.165, 1.54) is 26.5 Å². The number of aromatic nitrogens is 4. The van der Waals surface area contributed by atoms with Crippen LogP contribution in [0.5, 0.6) is 0 Å². The minimum Gasteiger partial charge on any atom is -0.461 e. The van der Waals surface area contributed by atoms with Gasteiger partial charge in [0.05, 0.1) is 24.9 Å². The SMILES string of the molecule is C[C@H](Cn1cnc2c(N)ncnc21)OCP(=O)(NC(C)(C)C(=O)O[C@H]1CC[C@H](C)CC1)NC(C)(C)C(=O)O[C@H]1CC[C@H](C(F)(F)F)CC1. The van der Waals surface area contributed by atoms with Gasteiger partial charge >= 0.3 is 18.1 Å². The van der Waals surface area contributed by atoms with Crippen molar-refractivity contribution in [3.8, 4) is 0 Å². The Balaban J connectivity index is 1.46. The number of anilines is 1. The summed E-state index contributed by atoms with van der Waals surface area (Å²) in [5.41, 5.74) is 3.78. The number of fused-ring (bicyclic) bond motifs is 1. The van der Waals surface area contributed by atoms with Crippen LogP contribution in [0.2, 0.25) is 0 Å². The predicted octanol–water partition coefficient (Wildman–Crippen LogP) is 5.49. The van der Waals surface area contributed by atoms with E-state index in [0.29, 0.717) is 17.1 Å². The molecule has 270 valence electrons. The summed E-state index contributed by atoms with van der Waals surface area (Å²) in [7, 11) is -3.96. The van der Waals surface area contributed by atoms with E-state index < -0.39 is 61.1 Å². The third-order valence-corrected chi connectivity index (χ3v) is 11.4. The number of nitrogens with zero attached hydrogens (tertiary/aromatic N) is 4. The molecule has 13 nitrogen and oxygen atoms in total. The quantitative estimate of drug-likeness (QED) is 0.177. The molecule has 1 unspecified atom stereocenters. The zero-order valence-corrected chi connectivity index (χ0v) is 29.4. The van der Waals surface area contributed by atoms with Gasteiger partial charge in [0, 0.05) is 0 Å². The summed E-state index contributed by atoms with van der Waals surface area (Å²) in [5.74, 6) is -2.02. The number of carbonyl (C=O) groups excluding carboxylic acids is 2. The van der Waals surface area contributed by atoms with Crippen molar-refractivity contribution >= 4 is 36.4 Å². The van der Waals surface area contributed by atoms with Crippen LogP contribution >= 0.6 is 7.44 Å². The van der Waals surface area contributed by atoms with E-state index in [0.717, 1.165) is 25.7 Å². The number of nitrogens with two attached hydrogens (primary N) is 1. The third kappa shape index (κ3) is 9.88. The lowest BCUT2D eigenvalue weighted by Gasteiger charge is -2.37. The highest BCUT2D eigenvalue weighted by Gasteiger charge is 2.46. The Morgan fingerprint density at radius 3 is 1.98 bits per heavy atom. The van der Waals surface area contributed by atoms with Gasteiger partial charge in [-0.1, -0.05) is 6.92 Å². The van der Waals surface area contributed by atoms with E-state index in [2.05, 4.69) is 32.1 Å². The van der Waals surface area contributed by atoms with Gasteiger partial charge < -0.3 is 24.5 Å². The Morgan fingerprint density at radius 1 is 0.938 bits per heavy atom. The molecule has 0 amide bonds. The number of ether oxygens (including phenoxy) is 3. The van der Waals surface area contributed by atoms with Gasteiger partial charge in [0.2, 0.25) is 7.44 Å². The van der Waals surface area contributed by atoms with E-state index in [-0.39, 0.29) is 44.1 Å². The highest BCUT2D eigenvalue weighted by Crippen LogP contribution is 2.43. The third-order valence-electron chi connectivity index (χ3n) is 9.01. The normalized spacial score (nSPS) is 24.5. The number of hydrogen-bond acceptors (Lipinski definition) is 10. The van der Waals surface area contributed by atoms with Crippen LogP contribution in [0.4, 0.5) is 19.0 Å². The summed E-state index contributed by atoms with van der Waals surface area (Å²) in [4.78, 5) is 39.2. The van der Waals surface area contributed by atoms with Gasteiger partial charge in [0.25, 0.3) is 0 Å². The lowest BCUT2D eigenvalue weighted by Crippen LogP contribution is -2.54. The fourth-order valence-electron chi connectivity index (χ4n) is 6.13. The lowest BCUT2D eigenvalue weighted by molar-refractivity contribution is -0.189. The Morgan fingerprint density at radius 2 is 1.46 bits per heavy atom. The molecule has 2 fully saturated rings. The molecule has 0 saturated heterocycles. The van der Waals surface area contributed by atoms with Crippen molar-refractivity contribution in [2.75, 3.05) is 12.1 Å². The highest BCUT2D eigenvalue weighted by molar-refractivity contribution is 7.59. The van der Waals surface area contributed by atoms with Crippen LogP contribution in [0.1, 0.15) is 92.9 Å². The summed E-state index contributed by atoms with van der Waals surface area (Å²) in [6.07, 6.45) is -0.143. The summed E-state index contributed by atoms with van der Waals surface area (Å²) in [6.45, 7) is 10.2. The fraction of sp³-hybridized carbons (Fsp3) is 0.774. The molecule has 0 spiro atoms. The number of esters is 2. The Labute approximate surface area is 279 Å². The molecule has 2 atom stereocenters. The van der Waals surface area contributed by atoms with Crippen molar-refractivity contribution in [1.29, 1.82) is 0 Å². The molecule has 4 N–H and O–H groups in total. The first kappa shape index (κ1) is 38.0. The molecule has 0 radical (unpaired) electrons. The summed E-state index contributed by atoms with van der Waals surface area (Å²) in [5, 5.41) is 5.78. The van der Waals surface area contributed by atoms with Crippen LogP contribution in [0.15, 0.2) is 12.7 Å². The minimum absolute atomic E-state index is 0.0703. The number of nitrogen functional groups attached to an aromatic ring is 1. The first-order valence-electron chi connectivity index (χ1n) is 16.5. The van der Waals surface area contributed by atoms with Crippen molar-refractivity contribution in [2.45, 2.75) is 135 Å². The molecule has 17 heteroatoms. The predicted molar refractivity (Wildman–Crippen MR) is 173 cm³/mol. The largest absolute Gasteiger partial charge is 0.461 e. The summed E-state index contributed by atoms with van der Waals surface area (Å²) in [6, 6.07) is 0. The van der Waals surface area contributed by atoms with Crippen LogP contribution in [0.25, 0.3) is 11.2 Å². The monoisotopic (exact) mass is 703 g/mol. The van der Waals surface area contributed by atoms with Crippen molar-refractivity contribution in [3.05, 3.63) is 12.7 Å². The number of halogens is 3. The van der Waals surface area contributed by atoms with Gasteiger partial charge in [0.1, 0.15) is 41.5 Å². The molecule has 2 aromatic rings. The number of alkyl halides is 3. The smallest absolute Gasteiger partial charge is 0.391 e. The van der Waals surface area contributed by atoms with Gasteiger partial charge in [0.15, 0.2) is 11.5 Å². The van der Waals surface area contributed by atoms with Crippen molar-refractivity contribution in [1.82, 2.24) is 29.7 Å². The number of rotatable bonds is 13. The van der Waals surface area contributed by atoms with Crippen molar-refractivity contribution < 1.29 is 41.5 Å². The second-order valence-corrected chi connectivity index (χ2v) is 16.5. The average molecular weight is 704 g/mol. The van der Waals surface area contributed by atoms with Gasteiger partial charge in [-0.05, 0) is 91.9 Å². The molecule has 48 heavy (non-hydrogen) atoms. The molecular formula is C31H49F3N7O6P. The van der Waals surface area contributed by atoms with Crippen molar-refractivity contribution in [2.24, 2.45) is 11.8 Å². The Hall–Kier alpha value is -2.81. The molecule has 2 saturated carbocycles. The van der Waals surface area contributed by atoms with Crippen LogP contribution in [-0.2, 0) is 34.9 Å². The van der Waals surface area contributed by atoms with Crippen LogP contribution in [-0.4, -0.2) is 73.4 Å². The maximum atomic E-state index is 14.7. The van der Waals surface area contributed by atoms with Gasteiger partial charge in [-0.3, -0.25) is 14.2 Å². The molecule has 4 rings (SSSR count). The second-order valence-electron chi connectivity index (χ2n) is 14.4. The van der Waals surface area contributed by atoms with E-state index in [4.69, 9.17) is 19.9 Å². The van der Waals surface area contributed by atoms with E-state index in [1.54, 1.807) is 25.3 Å². The molecule has 2 aliphatic rings. The molecule has 2 aromatic heterocycles. The first-order valence-corrected chi connectivity index (χ1v) is 18.4. The van der Waals surface area contributed by atoms with Gasteiger partial charge in [-0.2, -0.15) is 13.2 Å². The molecule has 2 heterocycles. The molecule has 2 aliphatic carbocycles. The minimum atomic E-state index is -4.29. The number of hydrogen-bond donors (Lipinski definition) is 3. The van der Waals surface area contributed by atoms with E-state index in [1.807, 2.05) is 0 Å². The number of nitrogens with one attached hydrogen (secondary N) is 2. The maximum Gasteiger partial charge on any atom is 0.391 e. The first-order chi connectivity index (χ1) is 22.3. The van der Waals surface area contributed by atoms with Crippen LogP contribution < -0.4 is 15.9 Å². The molecule has 0 aromatic carbocycles. The van der Waals surface area contributed by atoms with E-state index in [9.17, 15) is 27.3 Å². The average Bonchev–Trinajstić information content (AvgIpc) is 3.40. The van der Waals surface area contributed by atoms with Crippen LogP contribution in [0.3, 0.4) is 0 Å². The maximum absolute atomic E-state index is 14.7. The molecular weight excluding hydrogens is 654 g/mol. The Bertz CT molecular complexity index is 1470. The summed E-state index contributed by atoms with van der Waals surface area (Å²) < 4.78 is 73.3. The lowest BCUT2D eigenvalue weighted by atomic mass is 9.87.